The van der Waals surface area contributed by atoms with Gasteiger partial charge in [-0.25, -0.2) is 0 Å². The third-order valence-corrected chi connectivity index (χ3v) is 4.14. The molecule has 2 atom stereocenters. The topological polar surface area (TPSA) is 32.3 Å². The summed E-state index contributed by atoms with van der Waals surface area (Å²) in [5.74, 6) is 0.679. The zero-order valence-corrected chi connectivity index (χ0v) is 11.4. The van der Waals surface area contributed by atoms with Crippen molar-refractivity contribution < 1.29 is 13.2 Å². The van der Waals surface area contributed by atoms with Crippen LogP contribution in [0.5, 0.6) is 0 Å². The summed E-state index contributed by atoms with van der Waals surface area (Å²) in [6.07, 6.45) is -2.53. The molecule has 0 aromatic carbocycles. The van der Waals surface area contributed by atoms with Gasteiger partial charge in [-0.1, -0.05) is 11.6 Å². The monoisotopic (exact) mass is 306 g/mol. The van der Waals surface area contributed by atoms with Crippen LogP contribution in [0.2, 0.25) is 5.15 Å². The van der Waals surface area contributed by atoms with Gasteiger partial charge in [0.2, 0.25) is 0 Å². The fraction of sp³-hybridized carbons (Fsp3) is 0.667. The van der Waals surface area contributed by atoms with Gasteiger partial charge in [0.1, 0.15) is 0 Å². The molecule has 2 saturated heterocycles. The summed E-state index contributed by atoms with van der Waals surface area (Å²) in [6.45, 7) is 0.300. The van der Waals surface area contributed by atoms with Gasteiger partial charge in [-0.2, -0.15) is 13.2 Å². The van der Waals surface area contributed by atoms with Gasteiger partial charge < -0.3 is 4.90 Å². The summed E-state index contributed by atoms with van der Waals surface area (Å²) in [6, 6.07) is 3.28. The van der Waals surface area contributed by atoms with E-state index in [0.717, 1.165) is 12.8 Å². The van der Waals surface area contributed by atoms with Crippen molar-refractivity contribution in [1.29, 1.82) is 0 Å². The van der Waals surface area contributed by atoms with Crippen LogP contribution in [0.25, 0.3) is 0 Å². The fourth-order valence-electron chi connectivity index (χ4n) is 3.12. The lowest BCUT2D eigenvalue weighted by atomic mass is 10.2. The molecule has 2 aliphatic heterocycles. The number of hydrogen-bond acceptors (Lipinski definition) is 4. The number of aromatic nitrogens is 2. The van der Waals surface area contributed by atoms with E-state index in [2.05, 4.69) is 10.2 Å². The fourth-order valence-corrected chi connectivity index (χ4v) is 3.22. The minimum atomic E-state index is -4.14. The van der Waals surface area contributed by atoms with E-state index in [1.54, 1.807) is 17.0 Å². The zero-order valence-electron chi connectivity index (χ0n) is 10.6. The zero-order chi connectivity index (χ0) is 14.3. The van der Waals surface area contributed by atoms with Gasteiger partial charge in [0.25, 0.3) is 0 Å². The van der Waals surface area contributed by atoms with Crippen LogP contribution in [0, 0.1) is 0 Å². The molecule has 1 aromatic rings. The third kappa shape index (κ3) is 2.83. The molecule has 3 heterocycles. The van der Waals surface area contributed by atoms with Crippen LogP contribution in [0.15, 0.2) is 12.1 Å². The van der Waals surface area contributed by atoms with Gasteiger partial charge in [-0.05, 0) is 25.0 Å². The molecule has 2 fully saturated rings. The van der Waals surface area contributed by atoms with E-state index in [0.29, 0.717) is 24.1 Å². The SMILES string of the molecule is FC(F)(F)CN1C2CCC1CN(c1ccc(Cl)nn1)C2. The Kier molecular flexibility index (Phi) is 3.50. The first-order valence-electron chi connectivity index (χ1n) is 6.49. The molecular weight excluding hydrogens is 293 g/mol. The lowest BCUT2D eigenvalue weighted by Gasteiger charge is -2.41. The molecule has 110 valence electrons. The van der Waals surface area contributed by atoms with Crippen molar-refractivity contribution >= 4 is 17.4 Å². The Morgan fingerprint density at radius 3 is 2.30 bits per heavy atom. The van der Waals surface area contributed by atoms with Crippen LogP contribution in [-0.2, 0) is 0 Å². The van der Waals surface area contributed by atoms with Gasteiger partial charge in [0.15, 0.2) is 11.0 Å². The lowest BCUT2D eigenvalue weighted by Crippen LogP contribution is -2.56. The molecule has 20 heavy (non-hydrogen) atoms. The third-order valence-electron chi connectivity index (χ3n) is 3.94. The molecule has 0 amide bonds. The second-order valence-corrected chi connectivity index (χ2v) is 5.68. The molecule has 0 saturated carbocycles. The minimum absolute atomic E-state index is 0.0622. The Labute approximate surface area is 119 Å². The van der Waals surface area contributed by atoms with E-state index in [4.69, 9.17) is 11.6 Å². The van der Waals surface area contributed by atoms with Crippen molar-refractivity contribution in [1.82, 2.24) is 15.1 Å². The van der Waals surface area contributed by atoms with E-state index >= 15 is 0 Å². The summed E-state index contributed by atoms with van der Waals surface area (Å²) >= 11 is 5.69. The highest BCUT2D eigenvalue weighted by Crippen LogP contribution is 2.34. The molecule has 4 nitrogen and oxygen atoms in total. The average molecular weight is 307 g/mol. The minimum Gasteiger partial charge on any atom is -0.352 e. The number of piperazine rings is 1. The van der Waals surface area contributed by atoms with E-state index in [-0.39, 0.29) is 12.1 Å². The van der Waals surface area contributed by atoms with Crippen LogP contribution in [0.3, 0.4) is 0 Å². The lowest BCUT2D eigenvalue weighted by molar-refractivity contribution is -0.153. The summed E-state index contributed by atoms with van der Waals surface area (Å²) in [7, 11) is 0. The number of anilines is 1. The van der Waals surface area contributed by atoms with Crippen molar-refractivity contribution in [2.75, 3.05) is 24.5 Å². The van der Waals surface area contributed by atoms with Crippen molar-refractivity contribution in [3.05, 3.63) is 17.3 Å². The maximum atomic E-state index is 12.6. The second kappa shape index (κ2) is 5.04. The molecule has 0 N–H and O–H groups in total. The first kappa shape index (κ1) is 13.9. The Morgan fingerprint density at radius 1 is 1.15 bits per heavy atom. The molecule has 8 heteroatoms. The van der Waals surface area contributed by atoms with Crippen molar-refractivity contribution in [3.8, 4) is 0 Å². The quantitative estimate of drug-likeness (QED) is 0.839. The number of rotatable bonds is 2. The summed E-state index contributed by atoms with van der Waals surface area (Å²) in [5, 5.41) is 8.10. The van der Waals surface area contributed by atoms with Gasteiger partial charge in [-0.3, -0.25) is 4.90 Å². The molecule has 2 aliphatic rings. The molecular formula is C12H14ClF3N4. The number of nitrogens with zero attached hydrogens (tertiary/aromatic N) is 4. The Hall–Kier alpha value is -1.08. The maximum absolute atomic E-state index is 12.6. The van der Waals surface area contributed by atoms with E-state index < -0.39 is 12.7 Å². The first-order chi connectivity index (χ1) is 9.42. The van der Waals surface area contributed by atoms with E-state index in [1.165, 1.54) is 0 Å². The molecule has 1 aromatic heterocycles. The standard InChI is InChI=1S/C12H14ClF3N4/c13-10-3-4-11(18-17-10)19-5-8-1-2-9(6-19)20(8)7-12(14,15)16/h3-4,8-9H,1-2,5-7H2. The van der Waals surface area contributed by atoms with Crippen molar-refractivity contribution in [3.63, 3.8) is 0 Å². The average Bonchev–Trinajstić information content (AvgIpc) is 2.61. The molecule has 0 aliphatic carbocycles. The van der Waals surface area contributed by atoms with E-state index in [1.807, 2.05) is 4.90 Å². The van der Waals surface area contributed by atoms with Gasteiger partial charge in [0, 0.05) is 25.2 Å². The predicted octanol–water partition coefficient (Wildman–Crippen LogP) is 2.35. The second-order valence-electron chi connectivity index (χ2n) is 5.29. The highest BCUT2D eigenvalue weighted by atomic mass is 35.5. The van der Waals surface area contributed by atoms with Gasteiger partial charge >= 0.3 is 6.18 Å². The maximum Gasteiger partial charge on any atom is 0.401 e. The summed E-state index contributed by atoms with van der Waals surface area (Å²) in [4.78, 5) is 3.58. The van der Waals surface area contributed by atoms with Gasteiger partial charge in [0.05, 0.1) is 6.54 Å². The molecule has 0 spiro atoms. The van der Waals surface area contributed by atoms with Crippen LogP contribution in [0.1, 0.15) is 12.8 Å². The molecule has 2 unspecified atom stereocenters. The smallest absolute Gasteiger partial charge is 0.352 e. The first-order valence-corrected chi connectivity index (χ1v) is 6.87. The number of alkyl halides is 3. The summed E-state index contributed by atoms with van der Waals surface area (Å²) < 4.78 is 37.8. The normalized spacial score (nSPS) is 27.1. The highest BCUT2D eigenvalue weighted by molar-refractivity contribution is 6.29. The Bertz CT molecular complexity index is 465. The van der Waals surface area contributed by atoms with Crippen LogP contribution in [0.4, 0.5) is 19.0 Å². The van der Waals surface area contributed by atoms with Crippen molar-refractivity contribution in [2.45, 2.75) is 31.1 Å². The Balaban J connectivity index is 1.72. The number of halogens is 4. The van der Waals surface area contributed by atoms with E-state index in [9.17, 15) is 13.2 Å². The van der Waals surface area contributed by atoms with Crippen molar-refractivity contribution in [2.24, 2.45) is 0 Å². The number of hydrogen-bond donors (Lipinski definition) is 0. The predicted molar refractivity (Wildman–Crippen MR) is 68.8 cm³/mol. The van der Waals surface area contributed by atoms with Gasteiger partial charge in [-0.15, -0.1) is 10.2 Å². The van der Waals surface area contributed by atoms with Crippen LogP contribution < -0.4 is 4.90 Å². The summed E-state index contributed by atoms with van der Waals surface area (Å²) in [5.41, 5.74) is 0. The Morgan fingerprint density at radius 2 is 1.80 bits per heavy atom. The van der Waals surface area contributed by atoms with Crippen LogP contribution in [-0.4, -0.2) is 53.0 Å². The molecule has 0 radical (unpaired) electrons. The number of fused-ring (bicyclic) bond motifs is 2. The largest absolute Gasteiger partial charge is 0.401 e. The highest BCUT2D eigenvalue weighted by Gasteiger charge is 2.45. The molecule has 3 rings (SSSR count). The molecule has 2 bridgehead atoms. The van der Waals surface area contributed by atoms with Crippen LogP contribution >= 0.6 is 11.6 Å².